The molecule has 2 heterocycles. The highest BCUT2D eigenvalue weighted by molar-refractivity contribution is 7.99. The second-order valence-electron chi connectivity index (χ2n) is 6.89. The van der Waals surface area contributed by atoms with Crippen LogP contribution >= 0.6 is 11.8 Å². The van der Waals surface area contributed by atoms with Gasteiger partial charge < -0.3 is 14.4 Å². The van der Waals surface area contributed by atoms with Crippen LogP contribution in [-0.4, -0.2) is 52.2 Å². The number of nitro benzene ring substituents is 1. The number of carbonyl (C=O) groups is 1. The minimum absolute atomic E-state index is 0.0466. The molecule has 1 saturated heterocycles. The van der Waals surface area contributed by atoms with Crippen LogP contribution in [0.2, 0.25) is 0 Å². The molecule has 3 aromatic rings. The molecule has 2 aromatic carbocycles. The van der Waals surface area contributed by atoms with E-state index in [0.717, 1.165) is 43.8 Å². The van der Waals surface area contributed by atoms with Gasteiger partial charge in [-0.1, -0.05) is 12.1 Å². The molecule has 0 aliphatic carbocycles. The van der Waals surface area contributed by atoms with Crippen LogP contribution < -0.4 is 9.80 Å². The van der Waals surface area contributed by atoms with Gasteiger partial charge in [-0.3, -0.25) is 14.9 Å². The van der Waals surface area contributed by atoms with Crippen molar-refractivity contribution in [1.29, 1.82) is 0 Å². The third-order valence-corrected chi connectivity index (χ3v) is 6.16. The van der Waals surface area contributed by atoms with Gasteiger partial charge >= 0.3 is 0 Å². The maximum absolute atomic E-state index is 11.5. The third kappa shape index (κ3) is 3.99. The summed E-state index contributed by atoms with van der Waals surface area (Å²) in [5.74, 6) is 0. The van der Waals surface area contributed by atoms with Gasteiger partial charge in [0.2, 0.25) is 0 Å². The smallest absolute Gasteiger partial charge is 0.283 e. The molecule has 1 aromatic heterocycles. The van der Waals surface area contributed by atoms with Gasteiger partial charge in [0.1, 0.15) is 6.33 Å². The Kier molecular flexibility index (Phi) is 5.66. The lowest BCUT2D eigenvalue weighted by molar-refractivity contribution is -0.387. The van der Waals surface area contributed by atoms with E-state index in [2.05, 4.69) is 20.0 Å². The molecular weight excluding hydrogens is 404 g/mol. The molecule has 9 nitrogen and oxygen atoms in total. The SMILES string of the molecule is Cn1cnnc1Sc1cc(N2CCN(c3ccccc3C=O)CC2)ccc1[N+](=O)[O-]. The second-order valence-corrected chi connectivity index (χ2v) is 7.90. The minimum atomic E-state index is -0.378. The number of carbonyl (C=O) groups excluding carboxylic acids is 1. The van der Waals surface area contributed by atoms with E-state index in [9.17, 15) is 14.9 Å². The lowest BCUT2D eigenvalue weighted by Gasteiger charge is -2.38. The van der Waals surface area contributed by atoms with Crippen LogP contribution in [0.15, 0.2) is 58.8 Å². The summed E-state index contributed by atoms with van der Waals surface area (Å²) in [6.07, 6.45) is 2.45. The monoisotopic (exact) mass is 424 g/mol. The Balaban J connectivity index is 1.53. The van der Waals surface area contributed by atoms with Crippen molar-refractivity contribution in [2.45, 2.75) is 10.1 Å². The second kappa shape index (κ2) is 8.54. The molecule has 0 bridgehead atoms. The summed E-state index contributed by atoms with van der Waals surface area (Å²) in [5, 5.41) is 19.9. The van der Waals surface area contributed by atoms with Crippen molar-refractivity contribution in [3.63, 3.8) is 0 Å². The zero-order valence-corrected chi connectivity index (χ0v) is 17.2. The number of aromatic nitrogens is 3. The van der Waals surface area contributed by atoms with Crippen LogP contribution in [0.25, 0.3) is 0 Å². The number of rotatable bonds is 6. The molecule has 0 N–H and O–H groups in total. The third-order valence-electron chi connectivity index (χ3n) is 5.06. The van der Waals surface area contributed by atoms with Gasteiger partial charge in [0.15, 0.2) is 11.4 Å². The molecule has 1 aliphatic rings. The number of nitrogens with zero attached hydrogens (tertiary/aromatic N) is 6. The largest absolute Gasteiger partial charge is 0.368 e. The van der Waals surface area contributed by atoms with Gasteiger partial charge in [-0.25, -0.2) is 0 Å². The molecule has 0 saturated carbocycles. The van der Waals surface area contributed by atoms with Gasteiger partial charge in [-0.2, -0.15) is 0 Å². The van der Waals surface area contributed by atoms with Crippen LogP contribution in [0.3, 0.4) is 0 Å². The first-order valence-corrected chi connectivity index (χ1v) is 10.2. The zero-order valence-electron chi connectivity index (χ0n) is 16.3. The van der Waals surface area contributed by atoms with Gasteiger partial charge in [0, 0.05) is 56.2 Å². The highest BCUT2D eigenvalue weighted by atomic mass is 32.2. The number of aryl methyl sites for hydroxylation is 1. The molecule has 0 radical (unpaired) electrons. The fourth-order valence-corrected chi connectivity index (χ4v) is 4.38. The first kappa shape index (κ1) is 19.9. The van der Waals surface area contributed by atoms with Gasteiger partial charge in [-0.15, -0.1) is 10.2 Å². The van der Waals surface area contributed by atoms with Crippen LogP contribution in [0, 0.1) is 10.1 Å². The van der Waals surface area contributed by atoms with Crippen molar-refractivity contribution >= 4 is 35.1 Å². The van der Waals surface area contributed by atoms with E-state index < -0.39 is 0 Å². The summed E-state index contributed by atoms with van der Waals surface area (Å²) >= 11 is 1.23. The average Bonchev–Trinajstić information content (AvgIpc) is 3.18. The van der Waals surface area contributed by atoms with Crippen LogP contribution in [0.5, 0.6) is 0 Å². The molecule has 0 spiro atoms. The molecule has 30 heavy (non-hydrogen) atoms. The Morgan fingerprint density at radius 3 is 2.50 bits per heavy atom. The van der Waals surface area contributed by atoms with Crippen molar-refractivity contribution in [1.82, 2.24) is 14.8 Å². The van der Waals surface area contributed by atoms with Gasteiger partial charge in [0.25, 0.3) is 5.69 Å². The number of piperazine rings is 1. The van der Waals surface area contributed by atoms with Crippen molar-refractivity contribution in [2.75, 3.05) is 36.0 Å². The molecule has 0 atom stereocenters. The minimum Gasteiger partial charge on any atom is -0.368 e. The van der Waals surface area contributed by atoms with Crippen LogP contribution in [0.1, 0.15) is 10.4 Å². The number of aldehydes is 1. The number of para-hydroxylation sites is 1. The Morgan fingerprint density at radius 1 is 1.10 bits per heavy atom. The van der Waals surface area contributed by atoms with E-state index >= 15 is 0 Å². The number of nitro groups is 1. The van der Waals surface area contributed by atoms with Gasteiger partial charge in [0.05, 0.1) is 9.82 Å². The lowest BCUT2D eigenvalue weighted by Crippen LogP contribution is -2.46. The normalized spacial score (nSPS) is 14.0. The first-order chi connectivity index (χ1) is 14.6. The average molecular weight is 424 g/mol. The van der Waals surface area contributed by atoms with Crippen molar-refractivity contribution in [3.8, 4) is 0 Å². The quantitative estimate of drug-likeness (QED) is 0.338. The number of benzene rings is 2. The Hall–Kier alpha value is -3.40. The van der Waals surface area contributed by atoms with E-state index in [1.165, 1.54) is 11.8 Å². The maximum atomic E-state index is 11.5. The molecule has 10 heteroatoms. The van der Waals surface area contributed by atoms with Crippen molar-refractivity contribution in [3.05, 3.63) is 64.5 Å². The van der Waals surface area contributed by atoms with E-state index in [0.29, 0.717) is 15.6 Å². The van der Waals surface area contributed by atoms with Crippen LogP contribution in [0.4, 0.5) is 17.1 Å². The topological polar surface area (TPSA) is 97.4 Å². The predicted molar refractivity (Wildman–Crippen MR) is 114 cm³/mol. The summed E-state index contributed by atoms with van der Waals surface area (Å²) in [7, 11) is 1.80. The fraction of sp³-hybridized carbons (Fsp3) is 0.250. The van der Waals surface area contributed by atoms with E-state index in [1.54, 1.807) is 30.1 Å². The molecular formula is C20H20N6O3S. The predicted octanol–water partition coefficient (Wildman–Crippen LogP) is 3.01. The summed E-state index contributed by atoms with van der Waals surface area (Å²) in [5.41, 5.74) is 2.59. The van der Waals surface area contributed by atoms with E-state index in [-0.39, 0.29) is 10.6 Å². The number of hydrogen-bond donors (Lipinski definition) is 0. The standard InChI is InChI=1S/C20H20N6O3S/c1-23-14-21-22-20(23)30-19-12-16(6-7-18(19)26(28)29)24-8-10-25(11-9-24)17-5-3-2-4-15(17)13-27/h2-7,12-14H,8-11H2,1H3. The zero-order chi connectivity index (χ0) is 21.1. The van der Waals surface area contributed by atoms with E-state index in [1.807, 2.05) is 30.3 Å². The summed E-state index contributed by atoms with van der Waals surface area (Å²) in [4.78, 5) is 27.4. The lowest BCUT2D eigenvalue weighted by atomic mass is 10.1. The van der Waals surface area contributed by atoms with Crippen LogP contribution in [-0.2, 0) is 7.05 Å². The van der Waals surface area contributed by atoms with E-state index in [4.69, 9.17) is 0 Å². The molecule has 1 aliphatic heterocycles. The molecule has 0 unspecified atom stereocenters. The maximum Gasteiger partial charge on any atom is 0.283 e. The molecule has 154 valence electrons. The fourth-order valence-electron chi connectivity index (χ4n) is 3.48. The summed E-state index contributed by atoms with van der Waals surface area (Å²) in [6, 6.07) is 12.7. The summed E-state index contributed by atoms with van der Waals surface area (Å²) in [6.45, 7) is 3.01. The summed E-state index contributed by atoms with van der Waals surface area (Å²) < 4.78 is 1.73. The first-order valence-electron chi connectivity index (χ1n) is 9.41. The van der Waals surface area contributed by atoms with Gasteiger partial charge in [-0.05, 0) is 36.0 Å². The molecule has 4 rings (SSSR count). The Morgan fingerprint density at radius 2 is 1.83 bits per heavy atom. The number of hydrogen-bond acceptors (Lipinski definition) is 8. The Labute approximate surface area is 177 Å². The Bertz CT molecular complexity index is 1080. The molecule has 0 amide bonds. The van der Waals surface area contributed by atoms with Crippen molar-refractivity contribution < 1.29 is 9.72 Å². The number of anilines is 2. The highest BCUT2D eigenvalue weighted by Gasteiger charge is 2.23. The highest BCUT2D eigenvalue weighted by Crippen LogP contribution is 2.36. The van der Waals surface area contributed by atoms with Crippen molar-refractivity contribution in [2.24, 2.45) is 7.05 Å². The molecule has 1 fully saturated rings.